The largest absolute Gasteiger partial charge is 0.462 e. The van der Waals surface area contributed by atoms with E-state index in [1.54, 1.807) is 0 Å². The number of carbonyl (C=O) groups is 1. The Morgan fingerprint density at radius 3 is 2.71 bits per heavy atom. The second-order valence-corrected chi connectivity index (χ2v) is 6.58. The minimum absolute atomic E-state index is 0.00152. The SMILES string of the molecule is CC(=O)O[C@@H]1CCCC[C@@H]1c1c(Br)ccc2ccccc12. The Balaban J connectivity index is 2.08. The lowest BCUT2D eigenvalue weighted by atomic mass is 9.80. The van der Waals surface area contributed by atoms with Gasteiger partial charge >= 0.3 is 5.97 Å². The highest BCUT2D eigenvalue weighted by atomic mass is 79.9. The van der Waals surface area contributed by atoms with Crippen molar-refractivity contribution in [1.82, 2.24) is 0 Å². The van der Waals surface area contributed by atoms with Crippen molar-refractivity contribution in [3.8, 4) is 0 Å². The molecular formula is C18H19BrO2. The maximum Gasteiger partial charge on any atom is 0.302 e. The first-order valence-electron chi connectivity index (χ1n) is 7.51. The van der Waals surface area contributed by atoms with Gasteiger partial charge in [0.2, 0.25) is 0 Å². The van der Waals surface area contributed by atoms with Gasteiger partial charge in [-0.2, -0.15) is 0 Å². The molecule has 3 rings (SSSR count). The molecule has 0 N–H and O–H groups in total. The predicted molar refractivity (Wildman–Crippen MR) is 88.4 cm³/mol. The van der Waals surface area contributed by atoms with E-state index >= 15 is 0 Å². The molecule has 0 unspecified atom stereocenters. The molecule has 110 valence electrons. The summed E-state index contributed by atoms with van der Waals surface area (Å²) in [6, 6.07) is 12.7. The summed E-state index contributed by atoms with van der Waals surface area (Å²) in [5.41, 5.74) is 1.29. The molecule has 0 aromatic heterocycles. The average Bonchev–Trinajstić information content (AvgIpc) is 2.48. The smallest absolute Gasteiger partial charge is 0.302 e. The van der Waals surface area contributed by atoms with Crippen LogP contribution in [0.25, 0.3) is 10.8 Å². The molecule has 0 aliphatic heterocycles. The van der Waals surface area contributed by atoms with Crippen molar-refractivity contribution in [2.75, 3.05) is 0 Å². The van der Waals surface area contributed by atoms with E-state index in [1.165, 1.54) is 29.7 Å². The quantitative estimate of drug-likeness (QED) is 0.699. The van der Waals surface area contributed by atoms with E-state index in [-0.39, 0.29) is 18.0 Å². The molecule has 0 saturated heterocycles. The molecule has 2 aromatic carbocycles. The van der Waals surface area contributed by atoms with Crippen LogP contribution in [0.1, 0.15) is 44.1 Å². The molecule has 0 amide bonds. The zero-order valence-electron chi connectivity index (χ0n) is 12.1. The Labute approximate surface area is 133 Å². The number of hydrogen-bond acceptors (Lipinski definition) is 2. The van der Waals surface area contributed by atoms with Crippen LogP contribution in [0, 0.1) is 0 Å². The molecule has 0 radical (unpaired) electrons. The van der Waals surface area contributed by atoms with Gasteiger partial charge in [0.05, 0.1) is 0 Å². The molecule has 1 aliphatic rings. The topological polar surface area (TPSA) is 26.3 Å². The number of fused-ring (bicyclic) bond motifs is 1. The number of halogens is 1. The summed E-state index contributed by atoms with van der Waals surface area (Å²) in [5, 5.41) is 2.50. The second kappa shape index (κ2) is 6.18. The van der Waals surface area contributed by atoms with E-state index in [0.29, 0.717) is 0 Å². The first-order valence-corrected chi connectivity index (χ1v) is 8.30. The summed E-state index contributed by atoms with van der Waals surface area (Å²) < 4.78 is 6.72. The van der Waals surface area contributed by atoms with Crippen LogP contribution in [0.15, 0.2) is 40.9 Å². The highest BCUT2D eigenvalue weighted by Crippen LogP contribution is 2.41. The van der Waals surface area contributed by atoms with Gasteiger partial charge in [-0.3, -0.25) is 4.79 Å². The maximum absolute atomic E-state index is 11.4. The number of hydrogen-bond donors (Lipinski definition) is 0. The van der Waals surface area contributed by atoms with Gasteiger partial charge in [-0.15, -0.1) is 0 Å². The van der Waals surface area contributed by atoms with Crippen molar-refractivity contribution in [2.45, 2.75) is 44.6 Å². The van der Waals surface area contributed by atoms with Crippen molar-refractivity contribution in [1.29, 1.82) is 0 Å². The van der Waals surface area contributed by atoms with Gasteiger partial charge in [-0.05, 0) is 41.7 Å². The molecule has 0 heterocycles. The number of esters is 1. The van der Waals surface area contributed by atoms with Crippen molar-refractivity contribution in [3.63, 3.8) is 0 Å². The summed E-state index contributed by atoms with van der Waals surface area (Å²) in [5.74, 6) is 0.103. The molecule has 1 saturated carbocycles. The second-order valence-electron chi connectivity index (χ2n) is 5.72. The van der Waals surface area contributed by atoms with Crippen LogP contribution in [0.3, 0.4) is 0 Å². The van der Waals surface area contributed by atoms with Crippen LogP contribution >= 0.6 is 15.9 Å². The minimum atomic E-state index is -0.178. The summed E-state index contributed by atoms with van der Waals surface area (Å²) in [7, 11) is 0. The van der Waals surface area contributed by atoms with Gasteiger partial charge < -0.3 is 4.74 Å². The molecule has 2 atom stereocenters. The van der Waals surface area contributed by atoms with Gasteiger partial charge in [-0.25, -0.2) is 0 Å². The monoisotopic (exact) mass is 346 g/mol. The third-order valence-electron chi connectivity index (χ3n) is 4.31. The van der Waals surface area contributed by atoms with Crippen LogP contribution in [-0.4, -0.2) is 12.1 Å². The number of rotatable bonds is 2. The third-order valence-corrected chi connectivity index (χ3v) is 5.00. The number of ether oxygens (including phenoxy) is 1. The fourth-order valence-corrected chi connectivity index (χ4v) is 4.07. The Morgan fingerprint density at radius 1 is 1.14 bits per heavy atom. The molecule has 3 heteroatoms. The molecule has 21 heavy (non-hydrogen) atoms. The van der Waals surface area contributed by atoms with Gasteiger partial charge in [-0.1, -0.05) is 52.7 Å². The molecule has 1 fully saturated rings. The van der Waals surface area contributed by atoms with E-state index < -0.39 is 0 Å². The van der Waals surface area contributed by atoms with E-state index in [9.17, 15) is 4.79 Å². The van der Waals surface area contributed by atoms with Crippen molar-refractivity contribution in [3.05, 3.63) is 46.4 Å². The molecule has 0 spiro atoms. The van der Waals surface area contributed by atoms with Crippen LogP contribution in [0.4, 0.5) is 0 Å². The normalized spacial score (nSPS) is 22.2. The first kappa shape index (κ1) is 14.6. The van der Waals surface area contributed by atoms with E-state index in [1.807, 2.05) is 0 Å². The lowest BCUT2D eigenvalue weighted by Crippen LogP contribution is -2.28. The van der Waals surface area contributed by atoms with Crippen LogP contribution in [-0.2, 0) is 9.53 Å². The zero-order valence-corrected chi connectivity index (χ0v) is 13.7. The summed E-state index contributed by atoms with van der Waals surface area (Å²) in [4.78, 5) is 11.4. The van der Waals surface area contributed by atoms with E-state index in [0.717, 1.165) is 23.7 Å². The van der Waals surface area contributed by atoms with Crippen LogP contribution in [0.2, 0.25) is 0 Å². The highest BCUT2D eigenvalue weighted by Gasteiger charge is 2.31. The first-order chi connectivity index (χ1) is 10.2. The summed E-state index contributed by atoms with van der Waals surface area (Å²) in [6.07, 6.45) is 4.36. The zero-order chi connectivity index (χ0) is 14.8. The lowest BCUT2D eigenvalue weighted by Gasteiger charge is -2.32. The van der Waals surface area contributed by atoms with Gasteiger partial charge in [0, 0.05) is 17.3 Å². The number of benzene rings is 2. The summed E-state index contributed by atoms with van der Waals surface area (Å²) in [6.45, 7) is 1.50. The molecule has 0 bridgehead atoms. The van der Waals surface area contributed by atoms with Crippen molar-refractivity contribution >= 4 is 32.7 Å². The highest BCUT2D eigenvalue weighted by molar-refractivity contribution is 9.10. The molecule has 1 aliphatic carbocycles. The maximum atomic E-state index is 11.4. The van der Waals surface area contributed by atoms with E-state index in [2.05, 4.69) is 52.3 Å². The summed E-state index contributed by atoms with van der Waals surface area (Å²) >= 11 is 3.71. The lowest BCUT2D eigenvalue weighted by molar-refractivity contribution is -0.148. The van der Waals surface area contributed by atoms with Crippen LogP contribution in [0.5, 0.6) is 0 Å². The average molecular weight is 347 g/mol. The van der Waals surface area contributed by atoms with Crippen molar-refractivity contribution in [2.24, 2.45) is 0 Å². The Morgan fingerprint density at radius 2 is 1.90 bits per heavy atom. The minimum Gasteiger partial charge on any atom is -0.462 e. The van der Waals surface area contributed by atoms with Crippen LogP contribution < -0.4 is 0 Å². The Hall–Kier alpha value is -1.35. The predicted octanol–water partition coefficient (Wildman–Crippen LogP) is 5.19. The molecule has 2 nitrogen and oxygen atoms in total. The Bertz CT molecular complexity index is 665. The Kier molecular flexibility index (Phi) is 4.29. The fourth-order valence-electron chi connectivity index (χ4n) is 3.43. The van der Waals surface area contributed by atoms with Gasteiger partial charge in [0.25, 0.3) is 0 Å². The standard InChI is InChI=1S/C18H19BrO2/c1-12(20)21-17-9-5-4-8-15(17)18-14-7-3-2-6-13(14)10-11-16(18)19/h2-3,6-7,10-11,15,17H,4-5,8-9H2,1H3/t15-,17+/m0/s1. The molecule has 2 aromatic rings. The third kappa shape index (κ3) is 2.98. The van der Waals surface area contributed by atoms with Gasteiger partial charge in [0.15, 0.2) is 0 Å². The fraction of sp³-hybridized carbons (Fsp3) is 0.389. The number of carbonyl (C=O) groups excluding carboxylic acids is 1. The van der Waals surface area contributed by atoms with Crippen molar-refractivity contribution < 1.29 is 9.53 Å². The van der Waals surface area contributed by atoms with E-state index in [4.69, 9.17) is 4.74 Å². The van der Waals surface area contributed by atoms with Gasteiger partial charge in [0.1, 0.15) is 6.10 Å². The molecular weight excluding hydrogens is 328 g/mol.